The van der Waals surface area contributed by atoms with Gasteiger partial charge in [-0.05, 0) is 46.4 Å². The molecule has 0 radical (unpaired) electrons. The molecule has 0 atom stereocenters. The molecule has 14 heavy (non-hydrogen) atoms. The molecule has 86 valence electrons. The third kappa shape index (κ3) is 11.9. The number of hydrogen-bond donors (Lipinski definition) is 1. The maximum atomic E-state index is 5.49. The molecular weight excluding hydrogens is 176 g/mol. The minimum atomic E-state index is 0.861. The predicted octanol–water partition coefficient (Wildman–Crippen LogP) is 1.34. The lowest BCUT2D eigenvalue weighted by atomic mass is 10.2. The SMILES string of the molecule is CCNCCCCCOCCN(C)C. The van der Waals surface area contributed by atoms with Crippen LogP contribution in [-0.2, 0) is 4.74 Å². The Morgan fingerprint density at radius 2 is 1.86 bits per heavy atom. The molecule has 0 saturated carbocycles. The maximum Gasteiger partial charge on any atom is 0.0593 e. The van der Waals surface area contributed by atoms with E-state index >= 15 is 0 Å². The second-order valence-electron chi connectivity index (χ2n) is 3.83. The third-order valence-corrected chi connectivity index (χ3v) is 2.08. The average molecular weight is 202 g/mol. The van der Waals surface area contributed by atoms with Crippen molar-refractivity contribution in [1.82, 2.24) is 10.2 Å². The summed E-state index contributed by atoms with van der Waals surface area (Å²) in [5, 5.41) is 3.32. The van der Waals surface area contributed by atoms with E-state index < -0.39 is 0 Å². The Morgan fingerprint density at radius 1 is 1.07 bits per heavy atom. The van der Waals surface area contributed by atoms with Gasteiger partial charge in [0.25, 0.3) is 0 Å². The predicted molar refractivity (Wildman–Crippen MR) is 61.8 cm³/mol. The van der Waals surface area contributed by atoms with Crippen molar-refractivity contribution in [2.45, 2.75) is 26.2 Å². The van der Waals surface area contributed by atoms with Crippen LogP contribution < -0.4 is 5.32 Å². The summed E-state index contributed by atoms with van der Waals surface area (Å²) in [7, 11) is 4.14. The van der Waals surface area contributed by atoms with Gasteiger partial charge in [-0.1, -0.05) is 6.92 Å². The van der Waals surface area contributed by atoms with E-state index in [-0.39, 0.29) is 0 Å². The molecule has 0 spiro atoms. The quantitative estimate of drug-likeness (QED) is 0.541. The largest absolute Gasteiger partial charge is 0.380 e. The first kappa shape index (κ1) is 13.9. The van der Waals surface area contributed by atoms with Crippen molar-refractivity contribution in [3.63, 3.8) is 0 Å². The van der Waals surface area contributed by atoms with Crippen LogP contribution >= 0.6 is 0 Å². The zero-order chi connectivity index (χ0) is 10.6. The topological polar surface area (TPSA) is 24.5 Å². The number of nitrogens with one attached hydrogen (secondary N) is 1. The number of nitrogens with zero attached hydrogens (tertiary/aromatic N) is 1. The Morgan fingerprint density at radius 3 is 2.50 bits per heavy atom. The smallest absolute Gasteiger partial charge is 0.0593 e. The van der Waals surface area contributed by atoms with Crippen molar-refractivity contribution in [1.29, 1.82) is 0 Å². The van der Waals surface area contributed by atoms with E-state index in [0.29, 0.717) is 0 Å². The summed E-state index contributed by atoms with van der Waals surface area (Å²) < 4.78 is 5.49. The van der Waals surface area contributed by atoms with Gasteiger partial charge in [0.05, 0.1) is 6.61 Å². The second kappa shape index (κ2) is 11.0. The van der Waals surface area contributed by atoms with Crippen LogP contribution in [0.15, 0.2) is 0 Å². The molecule has 1 N–H and O–H groups in total. The first-order valence-electron chi connectivity index (χ1n) is 5.70. The van der Waals surface area contributed by atoms with Crippen molar-refractivity contribution in [2.24, 2.45) is 0 Å². The molecule has 0 aromatic carbocycles. The van der Waals surface area contributed by atoms with E-state index in [1.165, 1.54) is 19.3 Å². The van der Waals surface area contributed by atoms with Crippen molar-refractivity contribution in [2.75, 3.05) is 46.9 Å². The van der Waals surface area contributed by atoms with Crippen LogP contribution in [0.25, 0.3) is 0 Å². The van der Waals surface area contributed by atoms with Gasteiger partial charge in [-0.25, -0.2) is 0 Å². The van der Waals surface area contributed by atoms with Gasteiger partial charge in [0.2, 0.25) is 0 Å². The van der Waals surface area contributed by atoms with Gasteiger partial charge in [-0.15, -0.1) is 0 Å². The summed E-state index contributed by atoms with van der Waals surface area (Å²) in [4.78, 5) is 2.14. The van der Waals surface area contributed by atoms with E-state index in [2.05, 4.69) is 31.2 Å². The number of unbranched alkanes of at least 4 members (excludes halogenated alkanes) is 2. The first-order valence-corrected chi connectivity index (χ1v) is 5.70. The number of ether oxygens (including phenoxy) is 1. The second-order valence-corrected chi connectivity index (χ2v) is 3.83. The Kier molecular flexibility index (Phi) is 10.9. The van der Waals surface area contributed by atoms with Crippen LogP contribution in [0.1, 0.15) is 26.2 Å². The van der Waals surface area contributed by atoms with Crippen molar-refractivity contribution in [3.05, 3.63) is 0 Å². The number of likely N-dealkylation sites (N-methyl/N-ethyl adjacent to an activating group) is 1. The summed E-state index contributed by atoms with van der Waals surface area (Å²) in [6.45, 7) is 7.18. The molecule has 0 fully saturated rings. The van der Waals surface area contributed by atoms with Crippen LogP contribution in [0.4, 0.5) is 0 Å². The Labute approximate surface area is 88.8 Å². The van der Waals surface area contributed by atoms with Crippen LogP contribution in [0.3, 0.4) is 0 Å². The number of hydrogen-bond acceptors (Lipinski definition) is 3. The minimum absolute atomic E-state index is 0.861. The zero-order valence-corrected chi connectivity index (χ0v) is 10.0. The Hall–Kier alpha value is -0.120. The molecule has 0 bridgehead atoms. The molecule has 0 aliphatic rings. The van der Waals surface area contributed by atoms with Gasteiger partial charge >= 0.3 is 0 Å². The van der Waals surface area contributed by atoms with E-state index in [1.54, 1.807) is 0 Å². The monoisotopic (exact) mass is 202 g/mol. The van der Waals surface area contributed by atoms with Crippen molar-refractivity contribution < 1.29 is 4.74 Å². The molecule has 0 unspecified atom stereocenters. The third-order valence-electron chi connectivity index (χ3n) is 2.08. The zero-order valence-electron chi connectivity index (χ0n) is 10.0. The fourth-order valence-electron chi connectivity index (χ4n) is 1.16. The summed E-state index contributed by atoms with van der Waals surface area (Å²) >= 11 is 0. The van der Waals surface area contributed by atoms with Gasteiger partial charge in [0, 0.05) is 13.2 Å². The molecule has 3 heteroatoms. The molecule has 0 aromatic heterocycles. The summed E-state index contributed by atoms with van der Waals surface area (Å²) in [5.41, 5.74) is 0. The van der Waals surface area contributed by atoms with E-state index in [0.717, 1.165) is 32.8 Å². The molecule has 3 nitrogen and oxygen atoms in total. The molecule has 0 amide bonds. The van der Waals surface area contributed by atoms with Gasteiger partial charge in [-0.2, -0.15) is 0 Å². The Balaban J connectivity index is 2.85. The average Bonchev–Trinajstić information content (AvgIpc) is 2.15. The summed E-state index contributed by atoms with van der Waals surface area (Å²) in [6, 6.07) is 0. The molecule has 0 aromatic rings. The number of rotatable bonds is 10. The Bertz CT molecular complexity index is 107. The van der Waals surface area contributed by atoms with Gasteiger partial charge < -0.3 is 15.0 Å². The van der Waals surface area contributed by atoms with Crippen LogP contribution in [-0.4, -0.2) is 51.8 Å². The van der Waals surface area contributed by atoms with Crippen LogP contribution in [0.5, 0.6) is 0 Å². The first-order chi connectivity index (χ1) is 6.77. The molecule has 0 aliphatic heterocycles. The summed E-state index contributed by atoms with van der Waals surface area (Å²) in [6.07, 6.45) is 3.73. The lowest BCUT2D eigenvalue weighted by Crippen LogP contribution is -2.18. The van der Waals surface area contributed by atoms with Crippen LogP contribution in [0, 0.1) is 0 Å². The van der Waals surface area contributed by atoms with Crippen molar-refractivity contribution in [3.8, 4) is 0 Å². The fraction of sp³-hybridized carbons (Fsp3) is 1.00. The highest BCUT2D eigenvalue weighted by Crippen LogP contribution is 1.94. The summed E-state index contributed by atoms with van der Waals surface area (Å²) in [5.74, 6) is 0. The van der Waals surface area contributed by atoms with Gasteiger partial charge in [0.1, 0.15) is 0 Å². The molecule has 0 rings (SSSR count). The highest BCUT2D eigenvalue weighted by molar-refractivity contribution is 4.46. The normalized spacial score (nSPS) is 11.1. The van der Waals surface area contributed by atoms with Gasteiger partial charge in [-0.3, -0.25) is 0 Å². The fourth-order valence-corrected chi connectivity index (χ4v) is 1.16. The highest BCUT2D eigenvalue weighted by Gasteiger charge is 1.92. The molecule has 0 heterocycles. The van der Waals surface area contributed by atoms with Gasteiger partial charge in [0.15, 0.2) is 0 Å². The lowest BCUT2D eigenvalue weighted by Gasteiger charge is -2.09. The minimum Gasteiger partial charge on any atom is -0.380 e. The standard InChI is InChI=1S/C11H26N2O/c1-4-12-8-6-5-7-10-14-11-9-13(2)3/h12H,4-11H2,1-3H3. The lowest BCUT2D eigenvalue weighted by molar-refractivity contribution is 0.114. The molecule has 0 saturated heterocycles. The van der Waals surface area contributed by atoms with E-state index in [1.807, 2.05) is 0 Å². The van der Waals surface area contributed by atoms with Crippen molar-refractivity contribution >= 4 is 0 Å². The van der Waals surface area contributed by atoms with E-state index in [9.17, 15) is 0 Å². The highest BCUT2D eigenvalue weighted by atomic mass is 16.5. The van der Waals surface area contributed by atoms with Crippen LogP contribution in [0.2, 0.25) is 0 Å². The maximum absolute atomic E-state index is 5.49. The molecule has 0 aliphatic carbocycles. The molecular formula is C11H26N2O. The van der Waals surface area contributed by atoms with E-state index in [4.69, 9.17) is 4.74 Å².